The molecule has 1 saturated carbocycles. The van der Waals surface area contributed by atoms with Gasteiger partial charge in [-0.3, -0.25) is 0 Å². The van der Waals surface area contributed by atoms with E-state index >= 15 is 0 Å². The van der Waals surface area contributed by atoms with E-state index in [1.807, 2.05) is 18.8 Å². The molecule has 0 aromatic heterocycles. The lowest BCUT2D eigenvalue weighted by Gasteiger charge is -2.22. The smallest absolute Gasteiger partial charge is 0.0547 e. The van der Waals surface area contributed by atoms with Crippen LogP contribution in [0.2, 0.25) is 0 Å². The van der Waals surface area contributed by atoms with E-state index in [1.54, 1.807) is 0 Å². The van der Waals surface area contributed by atoms with E-state index in [9.17, 15) is 0 Å². The Hall–Kier alpha value is 0.270. The molecule has 0 radical (unpaired) electrons. The third-order valence-electron chi connectivity index (χ3n) is 3.02. The highest BCUT2D eigenvalue weighted by Gasteiger charge is 2.32. The van der Waals surface area contributed by atoms with E-state index in [4.69, 9.17) is 5.11 Å². The van der Waals surface area contributed by atoms with Crippen LogP contribution in [-0.2, 0) is 0 Å². The molecule has 0 aromatic carbocycles. The lowest BCUT2D eigenvalue weighted by molar-refractivity contribution is 0.299. The zero-order valence-electron chi connectivity index (χ0n) is 8.79. The van der Waals surface area contributed by atoms with Crippen molar-refractivity contribution in [2.24, 2.45) is 5.92 Å². The summed E-state index contributed by atoms with van der Waals surface area (Å²) in [5.41, 5.74) is 0. The van der Waals surface area contributed by atoms with Gasteiger partial charge in [0, 0.05) is 16.5 Å². The molecule has 13 heavy (non-hydrogen) atoms. The summed E-state index contributed by atoms with van der Waals surface area (Å²) < 4.78 is 0. The van der Waals surface area contributed by atoms with Gasteiger partial charge in [0.15, 0.2) is 0 Å². The molecule has 2 nitrogen and oxygen atoms in total. The minimum Gasteiger partial charge on any atom is -0.395 e. The van der Waals surface area contributed by atoms with E-state index < -0.39 is 0 Å². The Morgan fingerprint density at radius 2 is 2.23 bits per heavy atom. The molecule has 4 atom stereocenters. The number of hydrogen-bond donors (Lipinski definition) is 2. The van der Waals surface area contributed by atoms with Crippen molar-refractivity contribution < 1.29 is 5.11 Å². The van der Waals surface area contributed by atoms with E-state index in [1.165, 1.54) is 12.8 Å². The van der Waals surface area contributed by atoms with Crippen LogP contribution < -0.4 is 5.32 Å². The van der Waals surface area contributed by atoms with Crippen LogP contribution in [0.4, 0.5) is 0 Å². The van der Waals surface area contributed by atoms with Gasteiger partial charge >= 0.3 is 0 Å². The third kappa shape index (κ3) is 2.86. The first-order chi connectivity index (χ1) is 6.19. The summed E-state index contributed by atoms with van der Waals surface area (Å²) in [5.74, 6) is 0.740. The van der Waals surface area contributed by atoms with Crippen LogP contribution in [0, 0.1) is 5.92 Å². The summed E-state index contributed by atoms with van der Waals surface area (Å²) in [5, 5.41) is 13.5. The third-order valence-corrected chi connectivity index (χ3v) is 4.65. The molecule has 1 rings (SSSR count). The normalized spacial score (nSPS) is 36.5. The van der Waals surface area contributed by atoms with Gasteiger partial charge in [-0.15, -0.1) is 0 Å². The predicted molar refractivity (Wildman–Crippen MR) is 59.2 cm³/mol. The summed E-state index contributed by atoms with van der Waals surface area (Å²) in [6.45, 7) is 4.72. The van der Waals surface area contributed by atoms with Gasteiger partial charge in [0.2, 0.25) is 0 Å². The molecule has 1 aliphatic carbocycles. The Labute approximate surface area is 85.5 Å². The zero-order chi connectivity index (χ0) is 9.84. The van der Waals surface area contributed by atoms with Crippen LogP contribution in [0.1, 0.15) is 26.7 Å². The van der Waals surface area contributed by atoms with E-state index in [0.29, 0.717) is 17.9 Å². The number of rotatable bonds is 4. The van der Waals surface area contributed by atoms with Crippen molar-refractivity contribution in [3.63, 3.8) is 0 Å². The van der Waals surface area contributed by atoms with Crippen molar-refractivity contribution in [1.82, 2.24) is 5.32 Å². The highest BCUT2D eigenvalue weighted by molar-refractivity contribution is 8.00. The topological polar surface area (TPSA) is 32.3 Å². The van der Waals surface area contributed by atoms with Crippen LogP contribution in [0.25, 0.3) is 0 Å². The molecule has 0 bridgehead atoms. The number of nitrogens with one attached hydrogen (secondary N) is 1. The highest BCUT2D eigenvalue weighted by Crippen LogP contribution is 2.36. The molecule has 1 fully saturated rings. The van der Waals surface area contributed by atoms with Gasteiger partial charge in [-0.25, -0.2) is 0 Å². The van der Waals surface area contributed by atoms with Gasteiger partial charge in [0.05, 0.1) is 6.61 Å². The molecule has 3 heteroatoms. The molecule has 0 amide bonds. The fraction of sp³-hybridized carbons (Fsp3) is 1.00. The molecule has 78 valence electrons. The first-order valence-corrected chi connectivity index (χ1v) is 6.07. The summed E-state index contributed by atoms with van der Waals surface area (Å²) in [6, 6.07) is 0.684. The summed E-state index contributed by atoms with van der Waals surface area (Å²) in [6.07, 6.45) is 2.58. The standard InChI is InChI=1S/C10H21NOS/c1-7(6-12)13-10-5-4-9(11-3)8(10)2/h7-12H,4-6H2,1-3H3. The summed E-state index contributed by atoms with van der Waals surface area (Å²) in [7, 11) is 2.05. The SMILES string of the molecule is CNC1CCC(SC(C)CO)C1C. The molecule has 0 spiro atoms. The maximum atomic E-state index is 8.97. The second kappa shape index (κ2) is 5.23. The number of hydrogen-bond acceptors (Lipinski definition) is 3. The lowest BCUT2D eigenvalue weighted by Crippen LogP contribution is -2.30. The summed E-state index contributed by atoms with van der Waals surface area (Å²) >= 11 is 1.94. The van der Waals surface area contributed by atoms with Gasteiger partial charge in [-0.05, 0) is 25.8 Å². The molecular weight excluding hydrogens is 182 g/mol. The Morgan fingerprint density at radius 3 is 2.69 bits per heavy atom. The molecule has 4 unspecified atom stereocenters. The largest absolute Gasteiger partial charge is 0.395 e. The first kappa shape index (κ1) is 11.3. The minimum atomic E-state index is 0.304. The van der Waals surface area contributed by atoms with Gasteiger partial charge < -0.3 is 10.4 Å². The second-order valence-electron chi connectivity index (χ2n) is 4.00. The fourth-order valence-corrected chi connectivity index (χ4v) is 3.46. The van der Waals surface area contributed by atoms with Crippen molar-refractivity contribution >= 4 is 11.8 Å². The minimum absolute atomic E-state index is 0.304. The second-order valence-corrected chi connectivity index (χ2v) is 5.68. The van der Waals surface area contributed by atoms with Crippen LogP contribution >= 0.6 is 11.8 Å². The van der Waals surface area contributed by atoms with E-state index in [2.05, 4.69) is 19.2 Å². The number of thioether (sulfide) groups is 1. The van der Waals surface area contributed by atoms with Crippen LogP contribution in [-0.4, -0.2) is 35.3 Å². The highest BCUT2D eigenvalue weighted by atomic mass is 32.2. The van der Waals surface area contributed by atoms with Gasteiger partial charge in [0.25, 0.3) is 0 Å². The van der Waals surface area contributed by atoms with Crippen LogP contribution in [0.5, 0.6) is 0 Å². The lowest BCUT2D eigenvalue weighted by atomic mass is 10.1. The summed E-state index contributed by atoms with van der Waals surface area (Å²) in [4.78, 5) is 0. The Morgan fingerprint density at radius 1 is 1.54 bits per heavy atom. The zero-order valence-corrected chi connectivity index (χ0v) is 9.60. The average Bonchev–Trinajstić information content (AvgIpc) is 2.48. The molecule has 0 saturated heterocycles. The number of aliphatic hydroxyl groups excluding tert-OH is 1. The van der Waals surface area contributed by atoms with Crippen molar-refractivity contribution in [3.05, 3.63) is 0 Å². The van der Waals surface area contributed by atoms with Crippen molar-refractivity contribution in [3.8, 4) is 0 Å². The Balaban J connectivity index is 2.36. The van der Waals surface area contributed by atoms with Gasteiger partial charge in [-0.1, -0.05) is 13.8 Å². The van der Waals surface area contributed by atoms with Crippen molar-refractivity contribution in [1.29, 1.82) is 0 Å². The Kier molecular flexibility index (Phi) is 4.56. The monoisotopic (exact) mass is 203 g/mol. The fourth-order valence-electron chi connectivity index (χ4n) is 2.07. The van der Waals surface area contributed by atoms with Gasteiger partial charge in [0.1, 0.15) is 0 Å². The van der Waals surface area contributed by atoms with Crippen LogP contribution in [0.15, 0.2) is 0 Å². The maximum Gasteiger partial charge on any atom is 0.0547 e. The predicted octanol–water partition coefficient (Wildman–Crippen LogP) is 1.49. The van der Waals surface area contributed by atoms with Gasteiger partial charge in [-0.2, -0.15) is 11.8 Å². The number of aliphatic hydroxyl groups is 1. The van der Waals surface area contributed by atoms with Crippen molar-refractivity contribution in [2.45, 2.75) is 43.2 Å². The maximum absolute atomic E-state index is 8.97. The van der Waals surface area contributed by atoms with Crippen LogP contribution in [0.3, 0.4) is 0 Å². The van der Waals surface area contributed by atoms with Crippen molar-refractivity contribution in [2.75, 3.05) is 13.7 Å². The Bertz CT molecular complexity index is 154. The molecule has 0 aliphatic heterocycles. The molecular formula is C10H21NOS. The first-order valence-electron chi connectivity index (χ1n) is 5.12. The molecule has 0 aromatic rings. The molecule has 1 aliphatic rings. The molecule has 0 heterocycles. The average molecular weight is 203 g/mol. The van der Waals surface area contributed by atoms with E-state index in [0.717, 1.165) is 11.2 Å². The molecule has 2 N–H and O–H groups in total. The quantitative estimate of drug-likeness (QED) is 0.726. The van der Waals surface area contributed by atoms with E-state index in [-0.39, 0.29) is 0 Å².